The Morgan fingerprint density at radius 1 is 1.52 bits per heavy atom. The standard InChI is InChI=1S/C13H16Cl2N2O3S/c1-4-17(8(2)18)11-16-9(6-21-11)5-20-10(19)12(3)7-13(12,14)15/h6H,4-5,7H2,1-3H3. The average molecular weight is 351 g/mol. The van der Waals surface area contributed by atoms with Gasteiger partial charge in [0.05, 0.1) is 5.69 Å². The molecule has 1 aliphatic rings. The first-order chi connectivity index (χ1) is 9.71. The van der Waals surface area contributed by atoms with Crippen LogP contribution in [0.1, 0.15) is 32.9 Å². The molecule has 1 unspecified atom stereocenters. The van der Waals surface area contributed by atoms with Crippen LogP contribution in [0.5, 0.6) is 0 Å². The number of thiazole rings is 1. The fourth-order valence-electron chi connectivity index (χ4n) is 1.90. The van der Waals surface area contributed by atoms with Gasteiger partial charge in [0, 0.05) is 25.3 Å². The molecule has 1 atom stereocenters. The van der Waals surface area contributed by atoms with E-state index in [4.69, 9.17) is 27.9 Å². The molecule has 0 radical (unpaired) electrons. The van der Waals surface area contributed by atoms with E-state index in [9.17, 15) is 9.59 Å². The first-order valence-electron chi connectivity index (χ1n) is 6.49. The van der Waals surface area contributed by atoms with Crippen LogP contribution in [0, 0.1) is 5.41 Å². The second kappa shape index (κ2) is 5.74. The van der Waals surface area contributed by atoms with Gasteiger partial charge in [0.1, 0.15) is 16.4 Å². The van der Waals surface area contributed by atoms with Crippen LogP contribution in [-0.4, -0.2) is 27.7 Å². The van der Waals surface area contributed by atoms with Crippen LogP contribution in [0.4, 0.5) is 5.13 Å². The number of halogens is 2. The lowest BCUT2D eigenvalue weighted by molar-refractivity contribution is -0.151. The molecule has 1 aromatic rings. The summed E-state index contributed by atoms with van der Waals surface area (Å²) in [5.74, 6) is -0.504. The molecule has 1 heterocycles. The Morgan fingerprint density at radius 3 is 2.62 bits per heavy atom. The van der Waals surface area contributed by atoms with Crippen molar-refractivity contribution in [2.24, 2.45) is 5.41 Å². The number of carbonyl (C=O) groups excluding carboxylic acids is 2. The van der Waals surface area contributed by atoms with Gasteiger partial charge in [0.2, 0.25) is 5.91 Å². The largest absolute Gasteiger partial charge is 0.459 e. The van der Waals surface area contributed by atoms with Crippen molar-refractivity contribution in [3.8, 4) is 0 Å². The Hall–Kier alpha value is -0.850. The second-order valence-electron chi connectivity index (χ2n) is 5.17. The number of rotatable bonds is 5. The van der Waals surface area contributed by atoms with Crippen LogP contribution >= 0.6 is 34.5 Å². The number of nitrogens with zero attached hydrogens (tertiary/aromatic N) is 2. The molecular weight excluding hydrogens is 335 g/mol. The summed E-state index contributed by atoms with van der Waals surface area (Å²) >= 11 is 13.2. The Morgan fingerprint density at radius 2 is 2.14 bits per heavy atom. The Balaban J connectivity index is 1.95. The second-order valence-corrected chi connectivity index (χ2v) is 7.49. The number of alkyl halides is 2. The molecule has 0 bridgehead atoms. The van der Waals surface area contributed by atoms with E-state index < -0.39 is 15.7 Å². The molecule has 5 nitrogen and oxygen atoms in total. The Kier molecular flexibility index (Phi) is 4.52. The third kappa shape index (κ3) is 3.17. The minimum absolute atomic E-state index is 0.0459. The van der Waals surface area contributed by atoms with Gasteiger partial charge in [-0.2, -0.15) is 0 Å². The lowest BCUT2D eigenvalue weighted by atomic mass is 10.1. The molecule has 1 amide bonds. The molecule has 0 aromatic carbocycles. The number of hydrogen-bond donors (Lipinski definition) is 0. The number of carbonyl (C=O) groups is 2. The number of amides is 1. The third-order valence-electron chi connectivity index (χ3n) is 3.53. The van der Waals surface area contributed by atoms with Crippen molar-refractivity contribution in [3.63, 3.8) is 0 Å². The molecule has 8 heteroatoms. The van der Waals surface area contributed by atoms with Gasteiger partial charge in [-0.3, -0.25) is 14.5 Å². The first kappa shape index (κ1) is 16.5. The van der Waals surface area contributed by atoms with Crippen LogP contribution in [0.15, 0.2) is 5.38 Å². The summed E-state index contributed by atoms with van der Waals surface area (Å²) in [5.41, 5.74) is -0.244. The summed E-state index contributed by atoms with van der Waals surface area (Å²) in [4.78, 5) is 29.2. The van der Waals surface area contributed by atoms with Crippen LogP contribution in [0.3, 0.4) is 0 Å². The summed E-state index contributed by atoms with van der Waals surface area (Å²) in [5, 5.41) is 2.36. The van der Waals surface area contributed by atoms with Crippen molar-refractivity contribution < 1.29 is 14.3 Å². The minimum Gasteiger partial charge on any atom is -0.459 e. The van der Waals surface area contributed by atoms with Gasteiger partial charge in [-0.15, -0.1) is 34.5 Å². The molecule has 2 rings (SSSR count). The molecule has 116 valence electrons. The molecular formula is C13H16Cl2N2O3S. The predicted molar refractivity (Wildman–Crippen MR) is 82.8 cm³/mol. The zero-order valence-corrected chi connectivity index (χ0v) is 14.3. The van der Waals surface area contributed by atoms with Gasteiger partial charge in [-0.25, -0.2) is 4.98 Å². The number of hydrogen-bond acceptors (Lipinski definition) is 5. The fourth-order valence-corrected chi connectivity index (χ4v) is 3.51. The normalized spacial score (nSPS) is 22.7. The SMILES string of the molecule is CCN(C(C)=O)c1nc(COC(=O)C2(C)CC2(Cl)Cl)cs1. The lowest BCUT2D eigenvalue weighted by Crippen LogP contribution is -2.27. The van der Waals surface area contributed by atoms with Gasteiger partial charge in [-0.05, 0) is 13.8 Å². The van der Waals surface area contributed by atoms with E-state index in [2.05, 4.69) is 4.98 Å². The van der Waals surface area contributed by atoms with Crippen LogP contribution < -0.4 is 4.90 Å². The van der Waals surface area contributed by atoms with Crippen LogP contribution in [-0.2, 0) is 20.9 Å². The highest BCUT2D eigenvalue weighted by Crippen LogP contribution is 2.64. The molecule has 0 N–H and O–H groups in total. The van der Waals surface area contributed by atoms with Crippen molar-refractivity contribution >= 4 is 51.5 Å². The maximum absolute atomic E-state index is 11.9. The smallest absolute Gasteiger partial charge is 0.315 e. The third-order valence-corrected chi connectivity index (χ3v) is 5.54. The Bertz CT molecular complexity index is 576. The summed E-state index contributed by atoms with van der Waals surface area (Å²) in [6.07, 6.45) is 0.387. The molecule has 1 fully saturated rings. The van der Waals surface area contributed by atoms with E-state index in [-0.39, 0.29) is 12.5 Å². The van der Waals surface area contributed by atoms with Gasteiger partial charge < -0.3 is 4.74 Å². The summed E-state index contributed by atoms with van der Waals surface area (Å²) in [6.45, 7) is 5.62. The van der Waals surface area contributed by atoms with Gasteiger partial charge >= 0.3 is 5.97 Å². The first-order valence-corrected chi connectivity index (χ1v) is 8.12. The molecule has 0 aliphatic heterocycles. The minimum atomic E-state index is -1.04. The fraction of sp³-hybridized carbons (Fsp3) is 0.615. The highest BCUT2D eigenvalue weighted by atomic mass is 35.5. The van der Waals surface area contributed by atoms with Crippen LogP contribution in [0.25, 0.3) is 0 Å². The van der Waals surface area contributed by atoms with E-state index in [1.165, 1.54) is 18.3 Å². The van der Waals surface area contributed by atoms with Crippen molar-refractivity contribution in [3.05, 3.63) is 11.1 Å². The maximum atomic E-state index is 11.9. The lowest BCUT2D eigenvalue weighted by Gasteiger charge is -2.14. The molecule has 1 aromatic heterocycles. The van der Waals surface area contributed by atoms with E-state index in [0.29, 0.717) is 23.8 Å². The molecule has 0 saturated heterocycles. The summed E-state index contributed by atoms with van der Waals surface area (Å²) in [6, 6.07) is 0. The molecule has 1 aliphatic carbocycles. The summed E-state index contributed by atoms with van der Waals surface area (Å²) in [7, 11) is 0. The highest BCUT2D eigenvalue weighted by Gasteiger charge is 2.69. The number of esters is 1. The topological polar surface area (TPSA) is 59.5 Å². The molecule has 1 saturated carbocycles. The van der Waals surface area contributed by atoms with E-state index in [1.807, 2.05) is 6.92 Å². The van der Waals surface area contributed by atoms with E-state index >= 15 is 0 Å². The quantitative estimate of drug-likeness (QED) is 0.604. The van der Waals surface area contributed by atoms with E-state index in [1.54, 1.807) is 17.2 Å². The number of ether oxygens (including phenoxy) is 1. The van der Waals surface area contributed by atoms with E-state index in [0.717, 1.165) is 0 Å². The zero-order chi connectivity index (χ0) is 15.8. The predicted octanol–water partition coefficient (Wildman–Crippen LogP) is 3.14. The van der Waals surface area contributed by atoms with Gasteiger partial charge in [0.15, 0.2) is 5.13 Å². The average Bonchev–Trinajstić information content (AvgIpc) is 2.76. The van der Waals surface area contributed by atoms with Crippen LogP contribution in [0.2, 0.25) is 0 Å². The number of aromatic nitrogens is 1. The molecule has 21 heavy (non-hydrogen) atoms. The Labute approximate surface area is 137 Å². The maximum Gasteiger partial charge on any atom is 0.315 e. The van der Waals surface area contributed by atoms with Crippen molar-refractivity contribution in [2.45, 2.75) is 38.1 Å². The van der Waals surface area contributed by atoms with Gasteiger partial charge in [-0.1, -0.05) is 0 Å². The molecule has 0 spiro atoms. The monoisotopic (exact) mass is 350 g/mol. The zero-order valence-electron chi connectivity index (χ0n) is 12.0. The summed E-state index contributed by atoms with van der Waals surface area (Å²) < 4.78 is 4.17. The van der Waals surface area contributed by atoms with Crippen molar-refractivity contribution in [1.29, 1.82) is 0 Å². The van der Waals surface area contributed by atoms with Gasteiger partial charge in [0.25, 0.3) is 0 Å². The van der Waals surface area contributed by atoms with Crippen molar-refractivity contribution in [1.82, 2.24) is 4.98 Å². The van der Waals surface area contributed by atoms with Crippen molar-refractivity contribution in [2.75, 3.05) is 11.4 Å². The number of anilines is 1. The highest BCUT2D eigenvalue weighted by molar-refractivity contribution is 7.14.